The monoisotopic (exact) mass is 175 g/mol. The van der Waals surface area contributed by atoms with Crippen molar-refractivity contribution in [3.63, 3.8) is 0 Å². The van der Waals surface area contributed by atoms with E-state index in [1.54, 1.807) is 0 Å². The summed E-state index contributed by atoms with van der Waals surface area (Å²) >= 11 is 5.57. The SMILES string of the molecule is C=N/C(N)=C(Cl)\C(N)=N/CN. The van der Waals surface area contributed by atoms with E-state index in [1.165, 1.54) is 0 Å². The van der Waals surface area contributed by atoms with Gasteiger partial charge in [0.05, 0.1) is 6.67 Å². The first-order chi connectivity index (χ1) is 5.13. The first-order valence-electron chi connectivity index (χ1n) is 2.75. The maximum absolute atomic E-state index is 5.57. The Morgan fingerprint density at radius 1 is 1.45 bits per heavy atom. The van der Waals surface area contributed by atoms with Crippen LogP contribution in [0.5, 0.6) is 0 Å². The summed E-state index contributed by atoms with van der Waals surface area (Å²) < 4.78 is 0. The van der Waals surface area contributed by atoms with Gasteiger partial charge in [-0.3, -0.25) is 4.99 Å². The Morgan fingerprint density at radius 2 is 2.00 bits per heavy atom. The summed E-state index contributed by atoms with van der Waals surface area (Å²) in [4.78, 5) is 6.97. The number of amidine groups is 1. The number of aliphatic imine (C=N–C) groups is 2. The third kappa shape index (κ3) is 3.01. The van der Waals surface area contributed by atoms with Crippen LogP contribution in [0.1, 0.15) is 0 Å². The minimum Gasteiger partial charge on any atom is -0.383 e. The fourth-order valence-corrected chi connectivity index (χ4v) is 0.488. The van der Waals surface area contributed by atoms with Gasteiger partial charge < -0.3 is 17.2 Å². The molecule has 0 saturated heterocycles. The second kappa shape index (κ2) is 4.70. The van der Waals surface area contributed by atoms with Crippen LogP contribution in [0.3, 0.4) is 0 Å². The Balaban J connectivity index is 4.59. The molecule has 0 aliphatic carbocycles. The third-order valence-electron chi connectivity index (χ3n) is 0.882. The molecule has 6 heteroatoms. The molecule has 0 aromatic rings. The average Bonchev–Trinajstić information content (AvgIpc) is 2.02. The molecule has 0 aromatic carbocycles. The number of rotatable bonds is 3. The van der Waals surface area contributed by atoms with Crippen LogP contribution in [-0.2, 0) is 0 Å². The van der Waals surface area contributed by atoms with Crippen molar-refractivity contribution in [3.05, 3.63) is 10.9 Å². The zero-order chi connectivity index (χ0) is 8.85. The van der Waals surface area contributed by atoms with Gasteiger partial charge in [-0.05, 0) is 6.72 Å². The largest absolute Gasteiger partial charge is 0.383 e. The van der Waals surface area contributed by atoms with Crippen LogP contribution in [-0.4, -0.2) is 19.2 Å². The minimum absolute atomic E-state index is 0.0429. The van der Waals surface area contributed by atoms with Crippen LogP contribution in [0.25, 0.3) is 0 Å². The Morgan fingerprint density at radius 3 is 2.36 bits per heavy atom. The molecular weight excluding hydrogens is 166 g/mol. The molecule has 0 unspecified atom stereocenters. The fraction of sp³-hybridized carbons (Fsp3) is 0.200. The number of hydrogen-bond acceptors (Lipinski definition) is 4. The Bertz CT molecular complexity index is 207. The van der Waals surface area contributed by atoms with Gasteiger partial charge in [0, 0.05) is 0 Å². The maximum Gasteiger partial charge on any atom is 0.145 e. The summed E-state index contributed by atoms with van der Waals surface area (Å²) in [7, 11) is 0. The van der Waals surface area contributed by atoms with E-state index in [0.717, 1.165) is 0 Å². The van der Waals surface area contributed by atoms with Crippen LogP contribution >= 0.6 is 11.6 Å². The van der Waals surface area contributed by atoms with E-state index in [-0.39, 0.29) is 23.4 Å². The van der Waals surface area contributed by atoms with Gasteiger partial charge >= 0.3 is 0 Å². The molecule has 0 heterocycles. The highest BCUT2D eigenvalue weighted by molar-refractivity contribution is 6.43. The summed E-state index contributed by atoms with van der Waals surface area (Å²) in [5.74, 6) is 0.112. The van der Waals surface area contributed by atoms with Gasteiger partial charge in [-0.1, -0.05) is 11.6 Å². The van der Waals surface area contributed by atoms with Crippen molar-refractivity contribution >= 4 is 24.2 Å². The van der Waals surface area contributed by atoms with Crippen LogP contribution in [0.2, 0.25) is 0 Å². The zero-order valence-electron chi connectivity index (χ0n) is 5.92. The van der Waals surface area contributed by atoms with Crippen LogP contribution in [0, 0.1) is 0 Å². The molecule has 0 aromatic heterocycles. The highest BCUT2D eigenvalue weighted by Gasteiger charge is 2.02. The smallest absolute Gasteiger partial charge is 0.145 e. The van der Waals surface area contributed by atoms with E-state index in [9.17, 15) is 0 Å². The van der Waals surface area contributed by atoms with Crippen molar-refractivity contribution in [1.82, 2.24) is 0 Å². The van der Waals surface area contributed by atoms with Gasteiger partial charge in [-0.25, -0.2) is 4.99 Å². The Kier molecular flexibility index (Phi) is 4.24. The van der Waals surface area contributed by atoms with E-state index < -0.39 is 0 Å². The molecule has 0 radical (unpaired) electrons. The normalized spacial score (nSPS) is 14.2. The lowest BCUT2D eigenvalue weighted by atomic mass is 10.5. The first-order valence-corrected chi connectivity index (χ1v) is 3.13. The molecule has 0 bridgehead atoms. The van der Waals surface area contributed by atoms with Crippen molar-refractivity contribution in [1.29, 1.82) is 0 Å². The summed E-state index contributed by atoms with van der Waals surface area (Å²) in [5.41, 5.74) is 15.7. The molecule has 6 N–H and O–H groups in total. The molecule has 0 amide bonds. The van der Waals surface area contributed by atoms with Gasteiger partial charge in [-0.15, -0.1) is 0 Å². The maximum atomic E-state index is 5.57. The predicted molar refractivity (Wildman–Crippen MR) is 47.3 cm³/mol. The quantitative estimate of drug-likeness (QED) is 0.391. The van der Waals surface area contributed by atoms with E-state index in [1.807, 2.05) is 0 Å². The van der Waals surface area contributed by atoms with E-state index >= 15 is 0 Å². The molecule has 0 aliphatic heterocycles. The topological polar surface area (TPSA) is 103 Å². The van der Waals surface area contributed by atoms with Crippen molar-refractivity contribution in [2.45, 2.75) is 0 Å². The van der Waals surface area contributed by atoms with Crippen LogP contribution in [0.15, 0.2) is 20.8 Å². The Hall–Kier alpha value is -1.07. The number of nitrogens with two attached hydrogens (primary N) is 3. The summed E-state index contributed by atoms with van der Waals surface area (Å²) in [6.07, 6.45) is 0. The van der Waals surface area contributed by atoms with Gasteiger partial charge in [0.1, 0.15) is 16.7 Å². The van der Waals surface area contributed by atoms with Gasteiger partial charge in [-0.2, -0.15) is 0 Å². The average molecular weight is 176 g/mol. The van der Waals surface area contributed by atoms with Crippen LogP contribution in [0.4, 0.5) is 0 Å². The van der Waals surface area contributed by atoms with Crippen molar-refractivity contribution in [2.24, 2.45) is 27.2 Å². The molecule has 5 nitrogen and oxygen atoms in total. The van der Waals surface area contributed by atoms with E-state index in [0.29, 0.717) is 0 Å². The van der Waals surface area contributed by atoms with Gasteiger partial charge in [0.15, 0.2) is 0 Å². The molecule has 0 spiro atoms. The first kappa shape index (κ1) is 9.93. The number of halogens is 1. The molecular formula is C5H10ClN5. The standard InChI is InChI=1S/C5H10ClN5/c1-10-4(8)3(6)5(9)11-2-7/h1-2,7-8H2,(H2,9,11)/b4-3+. The lowest BCUT2D eigenvalue weighted by molar-refractivity contribution is 1.06. The Labute approximate surface area is 69.6 Å². The van der Waals surface area contributed by atoms with Crippen molar-refractivity contribution in [2.75, 3.05) is 6.67 Å². The summed E-state index contributed by atoms with van der Waals surface area (Å²) in [5, 5.41) is 0.0745. The molecule has 62 valence electrons. The van der Waals surface area contributed by atoms with E-state index in [2.05, 4.69) is 16.7 Å². The molecule has 0 saturated carbocycles. The molecule has 11 heavy (non-hydrogen) atoms. The minimum atomic E-state index is 0.0429. The van der Waals surface area contributed by atoms with Crippen molar-refractivity contribution < 1.29 is 0 Å². The highest BCUT2D eigenvalue weighted by atomic mass is 35.5. The van der Waals surface area contributed by atoms with E-state index in [4.69, 9.17) is 28.8 Å². The summed E-state index contributed by atoms with van der Waals surface area (Å²) in [6.45, 7) is 3.23. The van der Waals surface area contributed by atoms with Crippen molar-refractivity contribution in [3.8, 4) is 0 Å². The second-order valence-corrected chi connectivity index (χ2v) is 1.96. The molecule has 0 atom stereocenters. The fourth-order valence-electron chi connectivity index (χ4n) is 0.368. The third-order valence-corrected chi connectivity index (χ3v) is 1.27. The van der Waals surface area contributed by atoms with Crippen LogP contribution < -0.4 is 17.2 Å². The van der Waals surface area contributed by atoms with Gasteiger partial charge in [0.2, 0.25) is 0 Å². The lowest BCUT2D eigenvalue weighted by Gasteiger charge is -1.98. The molecule has 0 fully saturated rings. The summed E-state index contributed by atoms with van der Waals surface area (Å²) in [6, 6.07) is 0. The zero-order valence-corrected chi connectivity index (χ0v) is 6.67. The lowest BCUT2D eigenvalue weighted by Crippen LogP contribution is -2.17. The van der Waals surface area contributed by atoms with Gasteiger partial charge in [0.25, 0.3) is 0 Å². The molecule has 0 aliphatic rings. The number of hydrogen-bond donors (Lipinski definition) is 3. The molecule has 0 rings (SSSR count). The highest BCUT2D eigenvalue weighted by Crippen LogP contribution is 2.04. The second-order valence-electron chi connectivity index (χ2n) is 1.58. The number of nitrogens with zero attached hydrogens (tertiary/aromatic N) is 2. The predicted octanol–water partition coefficient (Wildman–Crippen LogP) is -0.673.